The third-order valence-electron chi connectivity index (χ3n) is 4.88. The van der Waals surface area contributed by atoms with Gasteiger partial charge in [0.15, 0.2) is 6.10 Å². The van der Waals surface area contributed by atoms with Crippen LogP contribution in [0.5, 0.6) is 0 Å². The van der Waals surface area contributed by atoms with Crippen LogP contribution in [0.2, 0.25) is 5.02 Å². The third kappa shape index (κ3) is 4.11. The lowest BCUT2D eigenvalue weighted by atomic mass is 10.00. The SMILES string of the molecule is O=C(CN1C(=O)c2ccccc2C1=O)O[C@@H](C(=O)c1ccc(Cl)cc1)c1ccccc1. The van der Waals surface area contributed by atoms with E-state index in [0.29, 0.717) is 16.1 Å². The normalized spacial score (nSPS) is 13.6. The van der Waals surface area contributed by atoms with Crippen LogP contribution in [0.1, 0.15) is 42.7 Å². The van der Waals surface area contributed by atoms with Crippen LogP contribution in [0.15, 0.2) is 78.9 Å². The number of esters is 1. The van der Waals surface area contributed by atoms with Crippen molar-refractivity contribution in [3.8, 4) is 0 Å². The van der Waals surface area contributed by atoms with E-state index >= 15 is 0 Å². The number of carbonyl (C=O) groups is 4. The number of nitrogens with zero attached hydrogens (tertiary/aromatic N) is 1. The molecule has 0 fully saturated rings. The van der Waals surface area contributed by atoms with Crippen molar-refractivity contribution >= 4 is 35.2 Å². The molecule has 0 N–H and O–H groups in total. The molecule has 0 bridgehead atoms. The molecule has 1 atom stereocenters. The lowest BCUT2D eigenvalue weighted by Crippen LogP contribution is -2.36. The van der Waals surface area contributed by atoms with Gasteiger partial charge < -0.3 is 4.74 Å². The van der Waals surface area contributed by atoms with Gasteiger partial charge in [0.1, 0.15) is 6.54 Å². The molecule has 0 saturated carbocycles. The van der Waals surface area contributed by atoms with Crippen molar-refractivity contribution in [1.29, 1.82) is 0 Å². The van der Waals surface area contributed by atoms with Crippen molar-refractivity contribution in [1.82, 2.24) is 4.90 Å². The van der Waals surface area contributed by atoms with Gasteiger partial charge >= 0.3 is 5.97 Å². The summed E-state index contributed by atoms with van der Waals surface area (Å²) in [6.45, 7) is -0.594. The summed E-state index contributed by atoms with van der Waals surface area (Å²) in [5, 5.41) is 0.468. The zero-order valence-electron chi connectivity index (χ0n) is 16.2. The van der Waals surface area contributed by atoms with Gasteiger partial charge in [0.2, 0.25) is 5.78 Å². The van der Waals surface area contributed by atoms with Gasteiger partial charge in [0.05, 0.1) is 11.1 Å². The summed E-state index contributed by atoms with van der Waals surface area (Å²) in [4.78, 5) is 51.6. The molecule has 3 aromatic rings. The quantitative estimate of drug-likeness (QED) is 0.332. The minimum absolute atomic E-state index is 0.233. The van der Waals surface area contributed by atoms with Crippen molar-refractivity contribution in [2.24, 2.45) is 0 Å². The number of hydrogen-bond donors (Lipinski definition) is 0. The number of imide groups is 1. The second-order valence-electron chi connectivity index (χ2n) is 6.89. The first-order valence-corrected chi connectivity index (χ1v) is 9.83. The summed E-state index contributed by atoms with van der Waals surface area (Å²) in [5.74, 6) is -2.46. The first-order valence-electron chi connectivity index (χ1n) is 9.45. The van der Waals surface area contributed by atoms with Gasteiger partial charge in [-0.2, -0.15) is 0 Å². The average Bonchev–Trinajstić information content (AvgIpc) is 3.03. The molecule has 0 saturated heterocycles. The van der Waals surface area contributed by atoms with Crippen LogP contribution in [-0.2, 0) is 9.53 Å². The molecule has 3 aromatic carbocycles. The number of halogens is 1. The Labute approximate surface area is 183 Å². The lowest BCUT2D eigenvalue weighted by molar-refractivity contribution is -0.147. The number of amides is 2. The zero-order valence-corrected chi connectivity index (χ0v) is 16.9. The van der Waals surface area contributed by atoms with E-state index in [1.54, 1.807) is 66.7 Å². The van der Waals surface area contributed by atoms with E-state index in [0.717, 1.165) is 4.90 Å². The van der Waals surface area contributed by atoms with E-state index in [9.17, 15) is 19.2 Å². The van der Waals surface area contributed by atoms with Crippen LogP contribution < -0.4 is 0 Å². The standard InChI is InChI=1S/C24H16ClNO5/c25-17-12-10-15(11-13-17)21(28)22(16-6-2-1-3-7-16)31-20(27)14-26-23(29)18-8-4-5-9-19(18)24(26)30/h1-13,22H,14H2/t22-/m1/s1. The van der Waals surface area contributed by atoms with E-state index in [1.807, 2.05) is 0 Å². The summed E-state index contributed by atoms with van der Waals surface area (Å²) >= 11 is 5.89. The number of hydrogen-bond acceptors (Lipinski definition) is 5. The number of ether oxygens (including phenoxy) is 1. The molecule has 4 rings (SSSR count). The lowest BCUT2D eigenvalue weighted by Gasteiger charge is -2.19. The van der Waals surface area contributed by atoms with Crippen LogP contribution in [0, 0.1) is 0 Å². The third-order valence-corrected chi connectivity index (χ3v) is 5.14. The maximum Gasteiger partial charge on any atom is 0.327 e. The minimum Gasteiger partial charge on any atom is -0.448 e. The summed E-state index contributed by atoms with van der Waals surface area (Å²) in [6.07, 6.45) is -1.23. The van der Waals surface area contributed by atoms with Crippen LogP contribution in [-0.4, -0.2) is 35.0 Å². The predicted molar refractivity (Wildman–Crippen MR) is 113 cm³/mol. The molecular formula is C24H16ClNO5. The van der Waals surface area contributed by atoms with Crippen molar-refractivity contribution in [2.45, 2.75) is 6.10 Å². The Morgan fingerprint density at radius 2 is 1.35 bits per heavy atom. The summed E-state index contributed by atoms with van der Waals surface area (Å²) in [6, 6.07) is 21.1. The average molecular weight is 434 g/mol. The van der Waals surface area contributed by atoms with E-state index in [-0.39, 0.29) is 11.1 Å². The van der Waals surface area contributed by atoms with Crippen molar-refractivity contribution in [3.05, 3.63) is 106 Å². The Morgan fingerprint density at radius 1 is 0.806 bits per heavy atom. The maximum absolute atomic E-state index is 13.1. The summed E-state index contributed by atoms with van der Waals surface area (Å²) in [5.41, 5.74) is 1.25. The molecular weight excluding hydrogens is 418 g/mol. The number of benzene rings is 3. The highest BCUT2D eigenvalue weighted by Gasteiger charge is 2.37. The zero-order chi connectivity index (χ0) is 22.0. The Hall–Kier alpha value is -3.77. The monoisotopic (exact) mass is 433 g/mol. The molecule has 0 aliphatic carbocycles. The Kier molecular flexibility index (Phi) is 5.64. The highest BCUT2D eigenvalue weighted by atomic mass is 35.5. The second-order valence-corrected chi connectivity index (χ2v) is 7.33. The molecule has 6 nitrogen and oxygen atoms in total. The Balaban J connectivity index is 1.55. The van der Waals surface area contributed by atoms with Crippen LogP contribution in [0.3, 0.4) is 0 Å². The van der Waals surface area contributed by atoms with E-state index < -0.39 is 36.2 Å². The van der Waals surface area contributed by atoms with E-state index in [2.05, 4.69) is 0 Å². The highest BCUT2D eigenvalue weighted by Crippen LogP contribution is 2.26. The first kappa shape index (κ1) is 20.5. The minimum atomic E-state index is -1.23. The molecule has 2 amide bonds. The van der Waals surface area contributed by atoms with Gasteiger partial charge in [-0.15, -0.1) is 0 Å². The van der Waals surface area contributed by atoms with Crippen LogP contribution >= 0.6 is 11.6 Å². The maximum atomic E-state index is 13.1. The van der Waals surface area contributed by atoms with E-state index in [4.69, 9.17) is 16.3 Å². The van der Waals surface area contributed by atoms with Gasteiger partial charge in [-0.25, -0.2) is 0 Å². The van der Waals surface area contributed by atoms with Crippen LogP contribution in [0.4, 0.5) is 0 Å². The topological polar surface area (TPSA) is 80.8 Å². The summed E-state index contributed by atoms with van der Waals surface area (Å²) in [7, 11) is 0. The molecule has 154 valence electrons. The van der Waals surface area contributed by atoms with Gasteiger partial charge in [-0.3, -0.25) is 24.1 Å². The molecule has 1 aliphatic rings. The summed E-state index contributed by atoms with van der Waals surface area (Å²) < 4.78 is 5.47. The number of ketones is 1. The van der Waals surface area contributed by atoms with Crippen molar-refractivity contribution in [3.63, 3.8) is 0 Å². The molecule has 1 aliphatic heterocycles. The molecule has 0 aromatic heterocycles. The fraction of sp³-hybridized carbons (Fsp3) is 0.0833. The second kappa shape index (κ2) is 8.53. The molecule has 0 spiro atoms. The van der Waals surface area contributed by atoms with Gasteiger partial charge in [-0.1, -0.05) is 54.1 Å². The number of fused-ring (bicyclic) bond motifs is 1. The van der Waals surface area contributed by atoms with E-state index in [1.165, 1.54) is 12.1 Å². The number of rotatable bonds is 6. The molecule has 31 heavy (non-hydrogen) atoms. The molecule has 0 radical (unpaired) electrons. The number of Topliss-reactive ketones (excluding diaryl/α,β-unsaturated/α-hetero) is 1. The molecule has 0 unspecified atom stereocenters. The largest absolute Gasteiger partial charge is 0.448 e. The fourth-order valence-corrected chi connectivity index (χ4v) is 3.47. The van der Waals surface area contributed by atoms with Crippen LogP contribution in [0.25, 0.3) is 0 Å². The van der Waals surface area contributed by atoms with Crippen molar-refractivity contribution < 1.29 is 23.9 Å². The van der Waals surface area contributed by atoms with Gasteiger partial charge in [0.25, 0.3) is 11.8 Å². The Morgan fingerprint density at radius 3 is 1.94 bits per heavy atom. The highest BCUT2D eigenvalue weighted by molar-refractivity contribution is 6.30. The van der Waals surface area contributed by atoms with Gasteiger partial charge in [0, 0.05) is 16.1 Å². The van der Waals surface area contributed by atoms with Crippen molar-refractivity contribution in [2.75, 3.05) is 6.54 Å². The number of carbonyl (C=O) groups excluding carboxylic acids is 4. The Bertz CT molecular complexity index is 1140. The predicted octanol–water partition coefficient (Wildman–Crippen LogP) is 4.10. The molecule has 7 heteroatoms. The first-order chi connectivity index (χ1) is 15.0. The smallest absolute Gasteiger partial charge is 0.327 e. The fourth-order valence-electron chi connectivity index (χ4n) is 3.35. The molecule has 1 heterocycles. The van der Waals surface area contributed by atoms with Gasteiger partial charge in [-0.05, 0) is 36.4 Å².